The summed E-state index contributed by atoms with van der Waals surface area (Å²) in [5.41, 5.74) is 4.21. The molecule has 1 aromatic heterocycles. The average Bonchev–Trinajstić information content (AvgIpc) is 2.89. The quantitative estimate of drug-likeness (QED) is 0.944. The fourth-order valence-corrected chi connectivity index (χ4v) is 3.27. The van der Waals surface area contributed by atoms with E-state index in [1.165, 1.54) is 21.7 Å². The van der Waals surface area contributed by atoms with Crippen molar-refractivity contribution in [2.45, 2.75) is 6.42 Å². The van der Waals surface area contributed by atoms with E-state index in [0.29, 0.717) is 5.69 Å². The average molecular weight is 319 g/mol. The van der Waals surface area contributed by atoms with Crippen LogP contribution in [0.2, 0.25) is 0 Å². The zero-order valence-electron chi connectivity index (χ0n) is 13.1. The van der Waals surface area contributed by atoms with Gasteiger partial charge < -0.3 is 9.88 Å². The molecule has 3 rings (SSSR count). The second-order valence-electron chi connectivity index (χ2n) is 5.90. The summed E-state index contributed by atoms with van der Waals surface area (Å²) in [7, 11) is 0.443. The second kappa shape index (κ2) is 5.44. The molecule has 2 heterocycles. The number of hydrogen-bond donors (Lipinski definition) is 1. The Balaban J connectivity index is 2.06. The fourth-order valence-electron chi connectivity index (χ4n) is 2.78. The van der Waals surface area contributed by atoms with Gasteiger partial charge in [-0.2, -0.15) is 0 Å². The molecule has 5 nitrogen and oxygen atoms in total. The highest BCUT2D eigenvalue weighted by Crippen LogP contribution is 2.31. The lowest BCUT2D eigenvalue weighted by atomic mass is 9.99. The number of fused-ring (bicyclic) bond motifs is 1. The van der Waals surface area contributed by atoms with Crippen LogP contribution in [0.15, 0.2) is 30.5 Å². The number of likely N-dealkylation sites (N-methyl/N-ethyl adjacent to an activating group) is 1. The number of aromatic amines is 1. The van der Waals surface area contributed by atoms with E-state index < -0.39 is 10.0 Å². The summed E-state index contributed by atoms with van der Waals surface area (Å²) in [6.07, 6.45) is 6.50. The Bertz CT molecular complexity index is 836. The van der Waals surface area contributed by atoms with Crippen LogP contribution in [-0.2, 0) is 10.0 Å². The first-order chi connectivity index (χ1) is 10.4. The Hall–Kier alpha value is -1.79. The molecule has 1 N–H and O–H groups in total. The van der Waals surface area contributed by atoms with Crippen molar-refractivity contribution in [3.8, 4) is 0 Å². The SMILES string of the molecule is CN1CC=C(c2c[nH]c3ccc(N(C)S(C)(=O)=O)cc23)CC1. The normalized spacial score (nSPS) is 16.8. The molecule has 1 aromatic carbocycles. The van der Waals surface area contributed by atoms with E-state index >= 15 is 0 Å². The zero-order chi connectivity index (χ0) is 15.9. The first-order valence-electron chi connectivity index (χ1n) is 7.29. The van der Waals surface area contributed by atoms with Gasteiger partial charge in [0.15, 0.2) is 0 Å². The van der Waals surface area contributed by atoms with Crippen LogP contribution in [0, 0.1) is 0 Å². The summed E-state index contributed by atoms with van der Waals surface area (Å²) in [6.45, 7) is 1.99. The minimum Gasteiger partial charge on any atom is -0.361 e. The van der Waals surface area contributed by atoms with Gasteiger partial charge in [-0.15, -0.1) is 0 Å². The molecule has 2 aromatic rings. The van der Waals surface area contributed by atoms with E-state index in [1.54, 1.807) is 7.05 Å². The van der Waals surface area contributed by atoms with Gasteiger partial charge >= 0.3 is 0 Å². The van der Waals surface area contributed by atoms with Gasteiger partial charge in [0, 0.05) is 42.8 Å². The van der Waals surface area contributed by atoms with Crippen molar-refractivity contribution in [2.24, 2.45) is 0 Å². The van der Waals surface area contributed by atoms with Gasteiger partial charge in [-0.1, -0.05) is 6.08 Å². The monoisotopic (exact) mass is 319 g/mol. The zero-order valence-corrected chi connectivity index (χ0v) is 13.9. The van der Waals surface area contributed by atoms with E-state index in [9.17, 15) is 8.42 Å². The number of hydrogen-bond acceptors (Lipinski definition) is 3. The fraction of sp³-hybridized carbons (Fsp3) is 0.375. The number of H-pyrrole nitrogens is 1. The Kier molecular flexibility index (Phi) is 3.74. The first-order valence-corrected chi connectivity index (χ1v) is 9.14. The number of nitrogens with zero attached hydrogens (tertiary/aromatic N) is 2. The van der Waals surface area contributed by atoms with Gasteiger partial charge in [-0.25, -0.2) is 8.42 Å². The van der Waals surface area contributed by atoms with Gasteiger partial charge in [0.2, 0.25) is 10.0 Å². The third-order valence-electron chi connectivity index (χ3n) is 4.28. The molecule has 0 atom stereocenters. The maximum Gasteiger partial charge on any atom is 0.231 e. The molecule has 0 radical (unpaired) electrons. The Morgan fingerprint density at radius 1 is 1.32 bits per heavy atom. The summed E-state index contributed by atoms with van der Waals surface area (Å²) in [4.78, 5) is 5.56. The van der Waals surface area contributed by atoms with Crippen LogP contribution in [0.5, 0.6) is 0 Å². The van der Waals surface area contributed by atoms with Crippen molar-refractivity contribution in [2.75, 3.05) is 37.7 Å². The Morgan fingerprint density at radius 3 is 2.73 bits per heavy atom. The standard InChI is InChI=1S/C16H21N3O2S/c1-18-8-6-12(7-9-18)15-11-17-16-5-4-13(10-14(15)16)19(2)22(3,20)21/h4-6,10-11,17H,7-9H2,1-3H3. The number of anilines is 1. The number of sulfonamides is 1. The van der Waals surface area contributed by atoms with Crippen LogP contribution in [0.4, 0.5) is 5.69 Å². The highest BCUT2D eigenvalue weighted by molar-refractivity contribution is 7.92. The summed E-state index contributed by atoms with van der Waals surface area (Å²) in [6, 6.07) is 5.71. The highest BCUT2D eigenvalue weighted by Gasteiger charge is 2.16. The van der Waals surface area contributed by atoms with Crippen molar-refractivity contribution < 1.29 is 8.42 Å². The lowest BCUT2D eigenvalue weighted by Gasteiger charge is -2.22. The molecule has 0 unspecified atom stereocenters. The lowest BCUT2D eigenvalue weighted by Crippen LogP contribution is -2.24. The number of rotatable bonds is 3. The molecule has 0 aliphatic carbocycles. The molecule has 6 heteroatoms. The molecule has 1 aliphatic rings. The van der Waals surface area contributed by atoms with E-state index in [2.05, 4.69) is 23.0 Å². The van der Waals surface area contributed by atoms with Gasteiger partial charge in [0.1, 0.15) is 0 Å². The molecule has 0 saturated heterocycles. The summed E-state index contributed by atoms with van der Waals surface area (Å²) < 4.78 is 24.8. The van der Waals surface area contributed by atoms with Gasteiger partial charge in [-0.3, -0.25) is 4.31 Å². The molecule has 22 heavy (non-hydrogen) atoms. The van der Waals surface area contributed by atoms with Crippen molar-refractivity contribution in [3.63, 3.8) is 0 Å². The van der Waals surface area contributed by atoms with E-state index in [-0.39, 0.29) is 0 Å². The topological polar surface area (TPSA) is 56.4 Å². The van der Waals surface area contributed by atoms with Crippen molar-refractivity contribution in [1.29, 1.82) is 0 Å². The Morgan fingerprint density at radius 2 is 2.09 bits per heavy atom. The lowest BCUT2D eigenvalue weighted by molar-refractivity contribution is 0.370. The van der Waals surface area contributed by atoms with E-state index in [0.717, 1.165) is 30.4 Å². The molecule has 0 saturated carbocycles. The molecule has 1 aliphatic heterocycles. The van der Waals surface area contributed by atoms with Crippen LogP contribution < -0.4 is 4.31 Å². The maximum atomic E-state index is 11.7. The summed E-state index contributed by atoms with van der Waals surface area (Å²) >= 11 is 0. The van der Waals surface area contributed by atoms with Gasteiger partial charge in [0.05, 0.1) is 11.9 Å². The first kappa shape index (κ1) is 15.1. The predicted octanol–water partition coefficient (Wildman–Crippen LogP) is 2.28. The smallest absolute Gasteiger partial charge is 0.231 e. The van der Waals surface area contributed by atoms with Crippen LogP contribution in [0.3, 0.4) is 0 Å². The van der Waals surface area contributed by atoms with Gasteiger partial charge in [0.25, 0.3) is 0 Å². The van der Waals surface area contributed by atoms with Crippen molar-refractivity contribution in [3.05, 3.63) is 36.0 Å². The van der Waals surface area contributed by atoms with E-state index in [4.69, 9.17) is 0 Å². The van der Waals surface area contributed by atoms with Crippen molar-refractivity contribution in [1.82, 2.24) is 9.88 Å². The van der Waals surface area contributed by atoms with Crippen LogP contribution in [0.1, 0.15) is 12.0 Å². The summed E-state index contributed by atoms with van der Waals surface area (Å²) in [5, 5.41) is 1.07. The molecule has 0 spiro atoms. The third-order valence-corrected chi connectivity index (χ3v) is 5.49. The predicted molar refractivity (Wildman–Crippen MR) is 91.6 cm³/mol. The molecule has 0 bridgehead atoms. The maximum absolute atomic E-state index is 11.7. The molecular formula is C16H21N3O2S. The van der Waals surface area contributed by atoms with Gasteiger partial charge in [-0.05, 0) is 37.2 Å². The number of benzene rings is 1. The van der Waals surface area contributed by atoms with Crippen LogP contribution >= 0.6 is 0 Å². The molecular weight excluding hydrogens is 298 g/mol. The number of nitrogens with one attached hydrogen (secondary N) is 1. The minimum atomic E-state index is -3.25. The Labute approximate surface area is 131 Å². The molecule has 0 amide bonds. The molecule has 0 fully saturated rings. The second-order valence-corrected chi connectivity index (χ2v) is 7.92. The van der Waals surface area contributed by atoms with Crippen LogP contribution in [-0.4, -0.2) is 51.7 Å². The van der Waals surface area contributed by atoms with Crippen LogP contribution in [0.25, 0.3) is 16.5 Å². The van der Waals surface area contributed by atoms with Crippen molar-refractivity contribution >= 4 is 32.2 Å². The minimum absolute atomic E-state index is 0.685. The molecule has 118 valence electrons. The van der Waals surface area contributed by atoms with E-state index in [1.807, 2.05) is 24.4 Å². The third kappa shape index (κ3) is 2.76. The summed E-state index contributed by atoms with van der Waals surface area (Å²) in [5.74, 6) is 0. The number of aromatic nitrogens is 1. The highest BCUT2D eigenvalue weighted by atomic mass is 32.2. The largest absolute Gasteiger partial charge is 0.361 e.